The molecule has 3 aromatic rings. The lowest BCUT2D eigenvalue weighted by Crippen LogP contribution is -2.05. The van der Waals surface area contributed by atoms with E-state index in [1.165, 1.54) is 0 Å². The average molecular weight is 447 g/mol. The van der Waals surface area contributed by atoms with E-state index in [4.69, 9.17) is 42.1 Å². The van der Waals surface area contributed by atoms with Crippen LogP contribution in [0.15, 0.2) is 42.5 Å². The van der Waals surface area contributed by atoms with E-state index in [9.17, 15) is 0 Å². The first-order chi connectivity index (χ1) is 14.6. The second kappa shape index (κ2) is 8.12. The van der Waals surface area contributed by atoms with Crippen molar-refractivity contribution in [2.45, 2.75) is 12.2 Å². The molecule has 2 unspecified atom stereocenters. The molecule has 0 saturated carbocycles. The van der Waals surface area contributed by atoms with Gasteiger partial charge in [0.2, 0.25) is 0 Å². The van der Waals surface area contributed by atoms with E-state index in [1.807, 2.05) is 54.2 Å². The van der Waals surface area contributed by atoms with Gasteiger partial charge in [-0.25, -0.2) is 0 Å². The third-order valence-electron chi connectivity index (χ3n) is 4.98. The number of epoxide rings is 2. The SMILES string of the molecule is Cn1nc(-c2ccc(OCC3CO3)cc2)cc1-c1cc(Cl)c(OCC2CO2)c(Cl)c1. The van der Waals surface area contributed by atoms with Crippen LogP contribution < -0.4 is 9.47 Å². The highest BCUT2D eigenvalue weighted by Crippen LogP contribution is 2.38. The molecule has 2 aromatic carbocycles. The molecule has 2 aliphatic rings. The van der Waals surface area contributed by atoms with E-state index in [0.29, 0.717) is 35.6 Å². The summed E-state index contributed by atoms with van der Waals surface area (Å²) in [4.78, 5) is 0. The summed E-state index contributed by atoms with van der Waals surface area (Å²) in [5.74, 6) is 1.29. The number of nitrogens with zero attached hydrogens (tertiary/aromatic N) is 2. The van der Waals surface area contributed by atoms with Gasteiger partial charge in [-0.2, -0.15) is 5.10 Å². The summed E-state index contributed by atoms with van der Waals surface area (Å²) < 4.78 is 23.5. The molecule has 1 aromatic heterocycles. The molecular formula is C22H20Cl2N2O4. The zero-order valence-electron chi connectivity index (χ0n) is 16.3. The van der Waals surface area contributed by atoms with E-state index in [-0.39, 0.29) is 12.2 Å². The molecule has 0 amide bonds. The predicted octanol–water partition coefficient (Wildman–Crippen LogP) is 4.62. The molecule has 156 valence electrons. The Morgan fingerprint density at radius 2 is 1.53 bits per heavy atom. The van der Waals surface area contributed by atoms with Crippen molar-refractivity contribution in [2.24, 2.45) is 7.05 Å². The Labute approximate surface area is 184 Å². The first-order valence-electron chi connectivity index (χ1n) is 9.69. The normalized spacial score (nSPS) is 19.6. The van der Waals surface area contributed by atoms with Crippen molar-refractivity contribution in [3.8, 4) is 34.0 Å². The molecule has 0 bridgehead atoms. The van der Waals surface area contributed by atoms with Gasteiger partial charge < -0.3 is 18.9 Å². The van der Waals surface area contributed by atoms with Crippen LogP contribution in [0.3, 0.4) is 0 Å². The number of benzene rings is 2. The highest BCUT2D eigenvalue weighted by atomic mass is 35.5. The summed E-state index contributed by atoms with van der Waals surface area (Å²) in [6.45, 7) is 2.53. The van der Waals surface area contributed by atoms with Gasteiger partial charge in [-0.3, -0.25) is 4.68 Å². The third-order valence-corrected chi connectivity index (χ3v) is 5.54. The molecule has 2 atom stereocenters. The molecule has 0 N–H and O–H groups in total. The quantitative estimate of drug-likeness (QED) is 0.472. The van der Waals surface area contributed by atoms with Gasteiger partial charge in [0, 0.05) is 18.2 Å². The van der Waals surface area contributed by atoms with Crippen LogP contribution in [-0.2, 0) is 16.5 Å². The molecule has 8 heteroatoms. The smallest absolute Gasteiger partial charge is 0.156 e. The maximum absolute atomic E-state index is 6.44. The molecule has 3 heterocycles. The Bertz CT molecular complexity index is 1040. The number of halogens is 2. The average Bonchev–Trinajstić information content (AvgIpc) is 3.65. The maximum atomic E-state index is 6.44. The van der Waals surface area contributed by atoms with E-state index >= 15 is 0 Å². The van der Waals surface area contributed by atoms with E-state index in [2.05, 4.69) is 5.10 Å². The summed E-state index contributed by atoms with van der Waals surface area (Å²) in [7, 11) is 1.89. The van der Waals surface area contributed by atoms with Gasteiger partial charge >= 0.3 is 0 Å². The van der Waals surface area contributed by atoms with Crippen LogP contribution in [0.4, 0.5) is 0 Å². The van der Waals surface area contributed by atoms with Gasteiger partial charge in [0.1, 0.15) is 31.2 Å². The fourth-order valence-corrected chi connectivity index (χ4v) is 3.74. The van der Waals surface area contributed by atoms with Gasteiger partial charge in [-0.05, 0) is 42.5 Å². The second-order valence-corrected chi connectivity index (χ2v) is 8.18. The van der Waals surface area contributed by atoms with Gasteiger partial charge in [0.25, 0.3) is 0 Å². The van der Waals surface area contributed by atoms with E-state index in [0.717, 1.165) is 34.9 Å². The topological polar surface area (TPSA) is 61.3 Å². The highest BCUT2D eigenvalue weighted by Gasteiger charge is 2.25. The monoisotopic (exact) mass is 446 g/mol. The van der Waals surface area contributed by atoms with Gasteiger partial charge in [0.15, 0.2) is 5.75 Å². The summed E-state index contributed by atoms with van der Waals surface area (Å²) in [6.07, 6.45) is 0.371. The third kappa shape index (κ3) is 4.42. The fraction of sp³-hybridized carbons (Fsp3) is 0.318. The largest absolute Gasteiger partial charge is 0.491 e. The fourth-order valence-electron chi connectivity index (χ4n) is 3.14. The number of rotatable bonds is 8. The van der Waals surface area contributed by atoms with Gasteiger partial charge in [-0.15, -0.1) is 0 Å². The van der Waals surface area contributed by atoms with Crippen molar-refractivity contribution < 1.29 is 18.9 Å². The molecule has 2 saturated heterocycles. The van der Waals surface area contributed by atoms with Crippen LogP contribution in [0.2, 0.25) is 10.0 Å². The number of aromatic nitrogens is 2. The zero-order valence-corrected chi connectivity index (χ0v) is 17.8. The van der Waals surface area contributed by atoms with E-state index in [1.54, 1.807) is 0 Å². The van der Waals surface area contributed by atoms with Crippen LogP contribution >= 0.6 is 23.2 Å². The van der Waals surface area contributed by atoms with Crippen molar-refractivity contribution in [3.05, 3.63) is 52.5 Å². The maximum Gasteiger partial charge on any atom is 0.156 e. The van der Waals surface area contributed by atoms with Crippen LogP contribution in [0.1, 0.15) is 0 Å². The summed E-state index contributed by atoms with van der Waals surface area (Å²) in [5, 5.41) is 5.56. The standard InChI is InChI=1S/C22H20Cl2N2O4/c1-26-21(14-6-18(23)22(19(24)7-14)30-12-17-11-29-17)8-20(25-26)13-2-4-15(5-3-13)27-9-16-10-28-16/h2-8,16-17H,9-12H2,1H3. The molecule has 6 nitrogen and oxygen atoms in total. The van der Waals surface area contributed by atoms with Crippen molar-refractivity contribution >= 4 is 23.2 Å². The number of hydrogen-bond acceptors (Lipinski definition) is 5. The van der Waals surface area contributed by atoms with Crippen LogP contribution in [0.25, 0.3) is 22.5 Å². The Balaban J connectivity index is 1.35. The molecule has 2 aliphatic heterocycles. The predicted molar refractivity (Wildman–Crippen MR) is 115 cm³/mol. The number of hydrogen-bond donors (Lipinski definition) is 0. The lowest BCUT2D eigenvalue weighted by Gasteiger charge is -2.11. The van der Waals surface area contributed by atoms with Gasteiger partial charge in [-0.1, -0.05) is 23.2 Å². The number of ether oxygens (including phenoxy) is 4. The summed E-state index contributed by atoms with van der Waals surface area (Å²) in [6, 6.07) is 13.6. The molecule has 2 fully saturated rings. The first kappa shape index (κ1) is 19.7. The van der Waals surface area contributed by atoms with Crippen molar-refractivity contribution in [3.63, 3.8) is 0 Å². The minimum Gasteiger partial charge on any atom is -0.491 e. The lowest BCUT2D eigenvalue weighted by molar-refractivity contribution is 0.263. The van der Waals surface area contributed by atoms with Crippen molar-refractivity contribution in [1.29, 1.82) is 0 Å². The molecule has 30 heavy (non-hydrogen) atoms. The van der Waals surface area contributed by atoms with Crippen LogP contribution in [0.5, 0.6) is 11.5 Å². The molecule has 0 aliphatic carbocycles. The van der Waals surface area contributed by atoms with E-state index < -0.39 is 0 Å². The molecular weight excluding hydrogens is 427 g/mol. The zero-order chi connectivity index (χ0) is 20.7. The van der Waals surface area contributed by atoms with Gasteiger partial charge in [0.05, 0.1) is 34.6 Å². The molecule has 0 radical (unpaired) electrons. The minimum atomic E-state index is 0.135. The Hall–Kier alpha value is -2.25. The van der Waals surface area contributed by atoms with Crippen LogP contribution in [-0.4, -0.2) is 48.4 Å². The Morgan fingerprint density at radius 3 is 2.13 bits per heavy atom. The molecule has 0 spiro atoms. The Kier molecular flexibility index (Phi) is 5.33. The van der Waals surface area contributed by atoms with Crippen molar-refractivity contribution in [2.75, 3.05) is 26.4 Å². The highest BCUT2D eigenvalue weighted by molar-refractivity contribution is 6.37. The molecule has 5 rings (SSSR count). The lowest BCUT2D eigenvalue weighted by atomic mass is 10.1. The Morgan fingerprint density at radius 1 is 0.933 bits per heavy atom. The second-order valence-electron chi connectivity index (χ2n) is 7.36. The first-order valence-corrected chi connectivity index (χ1v) is 10.4. The summed E-state index contributed by atoms with van der Waals surface area (Å²) >= 11 is 12.9. The number of aryl methyl sites for hydroxylation is 1. The summed E-state index contributed by atoms with van der Waals surface area (Å²) in [5.41, 5.74) is 3.61. The van der Waals surface area contributed by atoms with Crippen LogP contribution in [0, 0.1) is 0 Å². The van der Waals surface area contributed by atoms with Crippen molar-refractivity contribution in [1.82, 2.24) is 9.78 Å². The minimum absolute atomic E-state index is 0.135.